The minimum absolute atomic E-state index is 0.137. The summed E-state index contributed by atoms with van der Waals surface area (Å²) in [5.74, 6) is 0.0300. The Kier molecular flexibility index (Phi) is 5.21. The number of hydrogen-bond acceptors (Lipinski definition) is 5. The Balaban J connectivity index is 1.98. The van der Waals surface area contributed by atoms with Crippen molar-refractivity contribution in [1.29, 1.82) is 0 Å². The van der Waals surface area contributed by atoms with Gasteiger partial charge < -0.3 is 15.4 Å². The van der Waals surface area contributed by atoms with Gasteiger partial charge in [-0.25, -0.2) is 0 Å². The lowest BCUT2D eigenvalue weighted by Crippen LogP contribution is -2.21. The van der Waals surface area contributed by atoms with Crippen molar-refractivity contribution >= 4 is 18.3 Å². The summed E-state index contributed by atoms with van der Waals surface area (Å²) in [5.41, 5.74) is 7.21. The summed E-state index contributed by atoms with van der Waals surface area (Å²) >= 11 is 0. The number of carbonyl (C=O) groups is 1. The second-order valence-corrected chi connectivity index (χ2v) is 5.35. The van der Waals surface area contributed by atoms with Crippen molar-refractivity contribution in [2.75, 3.05) is 13.1 Å². The number of primary amides is 1. The van der Waals surface area contributed by atoms with E-state index in [0.717, 1.165) is 17.8 Å². The fourth-order valence-electron chi connectivity index (χ4n) is 2.34. The molecule has 3 rings (SSSR count). The molecule has 0 radical (unpaired) electrons. The van der Waals surface area contributed by atoms with Gasteiger partial charge in [-0.3, -0.25) is 14.8 Å². The van der Waals surface area contributed by atoms with Gasteiger partial charge in [0.1, 0.15) is 17.7 Å². The molecule has 6 heteroatoms. The summed E-state index contributed by atoms with van der Waals surface area (Å²) < 4.78 is 5.83. The normalized spacial score (nSPS) is 16.9. The maximum absolute atomic E-state index is 11.5. The molecule has 1 aromatic carbocycles. The van der Waals surface area contributed by atoms with Crippen molar-refractivity contribution in [3.05, 3.63) is 78.0 Å². The fraction of sp³-hybridized carbons (Fsp3) is 0.105. The van der Waals surface area contributed by atoms with Crippen LogP contribution in [-0.4, -0.2) is 36.3 Å². The molecule has 1 amide bonds. The number of para-hydroxylation sites is 1. The number of fused-ring (bicyclic) bond motifs is 2. The molecule has 6 nitrogen and oxygen atoms in total. The number of rotatable bonds is 1. The molecule has 2 N–H and O–H groups in total. The first-order valence-electron chi connectivity index (χ1n) is 7.84. The van der Waals surface area contributed by atoms with Gasteiger partial charge >= 0.3 is 0 Å². The van der Waals surface area contributed by atoms with Crippen molar-refractivity contribution in [3.8, 4) is 5.75 Å². The number of carbonyl (C=O) groups excluding carboxylic acids is 1. The minimum Gasteiger partial charge on any atom is -0.462 e. The molecule has 0 saturated heterocycles. The van der Waals surface area contributed by atoms with E-state index in [2.05, 4.69) is 21.0 Å². The maximum Gasteiger partial charge on any atom is 0.267 e. The Morgan fingerprint density at radius 1 is 1.24 bits per heavy atom. The average molecular weight is 334 g/mol. The predicted molar refractivity (Wildman–Crippen MR) is 98.4 cm³/mol. The molecule has 2 aliphatic rings. The number of aliphatic imine (C=N–C) groups is 2. The first-order valence-corrected chi connectivity index (χ1v) is 7.84. The summed E-state index contributed by atoms with van der Waals surface area (Å²) in [6.45, 7) is 1.46. The second kappa shape index (κ2) is 7.92. The molecular formula is C19H18N4O2. The van der Waals surface area contributed by atoms with Crippen LogP contribution in [0.4, 0.5) is 0 Å². The van der Waals surface area contributed by atoms with Gasteiger partial charge in [0, 0.05) is 30.7 Å². The number of nitrogens with two attached hydrogens (primary N) is 1. The highest BCUT2D eigenvalue weighted by Crippen LogP contribution is 2.19. The van der Waals surface area contributed by atoms with Gasteiger partial charge in [0.25, 0.3) is 5.91 Å². The SMILES string of the molecule is NC(=O)C1=CC=CN=CCN2CC=CC2=COc2ccccc2C=N1. The quantitative estimate of drug-likeness (QED) is 0.854. The van der Waals surface area contributed by atoms with Crippen LogP contribution in [0.1, 0.15) is 5.56 Å². The van der Waals surface area contributed by atoms with Crippen LogP contribution in [-0.2, 0) is 4.79 Å². The van der Waals surface area contributed by atoms with Crippen molar-refractivity contribution in [1.82, 2.24) is 4.90 Å². The lowest BCUT2D eigenvalue weighted by molar-refractivity contribution is -0.114. The van der Waals surface area contributed by atoms with Crippen molar-refractivity contribution in [2.45, 2.75) is 0 Å². The predicted octanol–water partition coefficient (Wildman–Crippen LogP) is 2.16. The number of ether oxygens (including phenoxy) is 1. The van der Waals surface area contributed by atoms with Crippen LogP contribution in [0.3, 0.4) is 0 Å². The Labute approximate surface area is 146 Å². The van der Waals surface area contributed by atoms with Gasteiger partial charge in [0.2, 0.25) is 0 Å². The molecule has 0 saturated carbocycles. The lowest BCUT2D eigenvalue weighted by atomic mass is 10.2. The van der Waals surface area contributed by atoms with Gasteiger partial charge in [0.05, 0.1) is 12.2 Å². The molecule has 0 aromatic heterocycles. The van der Waals surface area contributed by atoms with Crippen molar-refractivity contribution in [3.63, 3.8) is 0 Å². The molecule has 0 unspecified atom stereocenters. The number of allylic oxidation sites excluding steroid dienone is 3. The zero-order valence-electron chi connectivity index (χ0n) is 13.6. The molecule has 0 bridgehead atoms. The van der Waals surface area contributed by atoms with Gasteiger partial charge in [-0.1, -0.05) is 18.2 Å². The van der Waals surface area contributed by atoms with E-state index < -0.39 is 5.91 Å². The molecule has 126 valence electrons. The molecule has 0 fully saturated rings. The highest BCUT2D eigenvalue weighted by Gasteiger charge is 2.11. The smallest absolute Gasteiger partial charge is 0.267 e. The minimum atomic E-state index is -0.611. The molecule has 2 aliphatic heterocycles. The van der Waals surface area contributed by atoms with E-state index in [0.29, 0.717) is 12.3 Å². The van der Waals surface area contributed by atoms with Crippen molar-refractivity contribution < 1.29 is 9.53 Å². The van der Waals surface area contributed by atoms with Crippen LogP contribution < -0.4 is 10.5 Å². The van der Waals surface area contributed by atoms with Crippen LogP contribution in [0.25, 0.3) is 0 Å². The lowest BCUT2D eigenvalue weighted by Gasteiger charge is -2.17. The Morgan fingerprint density at radius 3 is 3.00 bits per heavy atom. The van der Waals surface area contributed by atoms with E-state index in [1.165, 1.54) is 6.08 Å². The summed E-state index contributed by atoms with van der Waals surface area (Å²) in [6, 6.07) is 7.45. The van der Waals surface area contributed by atoms with E-state index in [9.17, 15) is 4.79 Å². The first-order chi connectivity index (χ1) is 12.2. The molecule has 25 heavy (non-hydrogen) atoms. The molecule has 1 aromatic rings. The number of hydrogen-bond donors (Lipinski definition) is 1. The Hall–Kier alpha value is -3.41. The van der Waals surface area contributed by atoms with E-state index >= 15 is 0 Å². The highest BCUT2D eigenvalue weighted by molar-refractivity contribution is 5.95. The van der Waals surface area contributed by atoms with Gasteiger partial charge in [-0.2, -0.15) is 0 Å². The van der Waals surface area contributed by atoms with Gasteiger partial charge in [-0.05, 0) is 30.4 Å². The summed E-state index contributed by atoms with van der Waals surface area (Å²) in [7, 11) is 0. The van der Waals surface area contributed by atoms with Gasteiger partial charge in [-0.15, -0.1) is 0 Å². The zero-order chi connectivity index (χ0) is 17.5. The third-order valence-electron chi connectivity index (χ3n) is 3.63. The van der Waals surface area contributed by atoms with E-state index in [-0.39, 0.29) is 5.70 Å². The largest absolute Gasteiger partial charge is 0.462 e. The monoisotopic (exact) mass is 334 g/mol. The van der Waals surface area contributed by atoms with Crippen LogP contribution >= 0.6 is 0 Å². The second-order valence-electron chi connectivity index (χ2n) is 5.35. The number of nitrogens with zero attached hydrogens (tertiary/aromatic N) is 3. The molecular weight excluding hydrogens is 316 g/mol. The standard InChI is InChI=1S/C19H18N4O2/c20-19(24)17-7-3-9-21-10-12-23-11-4-6-16(23)14-25-18-8-2-1-5-15(18)13-22-17/h1-10,13-14H,11-12H2,(H2,20,24). The third-order valence-corrected chi connectivity index (χ3v) is 3.63. The van der Waals surface area contributed by atoms with Crippen LogP contribution in [0, 0.1) is 0 Å². The average Bonchev–Trinajstić information content (AvgIpc) is 3.05. The Morgan fingerprint density at radius 2 is 2.12 bits per heavy atom. The molecule has 0 spiro atoms. The van der Waals surface area contributed by atoms with E-state index in [1.54, 1.807) is 31.0 Å². The van der Waals surface area contributed by atoms with Gasteiger partial charge in [0.15, 0.2) is 0 Å². The Bertz CT molecular complexity index is 832. The molecule has 2 heterocycles. The van der Waals surface area contributed by atoms with Crippen LogP contribution in [0.2, 0.25) is 0 Å². The third kappa shape index (κ3) is 4.32. The number of benzene rings is 1. The van der Waals surface area contributed by atoms with Crippen molar-refractivity contribution in [2.24, 2.45) is 15.7 Å². The summed E-state index contributed by atoms with van der Waals surface area (Å²) in [6.07, 6.45) is 13.9. The highest BCUT2D eigenvalue weighted by atomic mass is 16.5. The summed E-state index contributed by atoms with van der Waals surface area (Å²) in [5, 5.41) is 0. The van der Waals surface area contributed by atoms with Crippen LogP contribution in [0.5, 0.6) is 5.75 Å². The number of amides is 1. The molecule has 0 aliphatic carbocycles. The fourth-order valence-corrected chi connectivity index (χ4v) is 2.34. The van der Waals surface area contributed by atoms with E-state index in [4.69, 9.17) is 10.5 Å². The van der Waals surface area contributed by atoms with Crippen LogP contribution in [0.15, 0.2) is 82.4 Å². The maximum atomic E-state index is 11.5. The zero-order valence-corrected chi connectivity index (χ0v) is 13.6. The molecule has 0 atom stereocenters. The summed E-state index contributed by atoms with van der Waals surface area (Å²) in [4.78, 5) is 22.0. The first kappa shape index (κ1) is 16.4. The topological polar surface area (TPSA) is 80.3 Å². The van der Waals surface area contributed by atoms with E-state index in [1.807, 2.05) is 30.3 Å².